The summed E-state index contributed by atoms with van der Waals surface area (Å²) in [6.07, 6.45) is 0. The number of anilines is 2. The van der Waals surface area contributed by atoms with Gasteiger partial charge in [0.05, 0.1) is 6.54 Å². The van der Waals surface area contributed by atoms with Crippen molar-refractivity contribution in [2.75, 3.05) is 36.4 Å². The van der Waals surface area contributed by atoms with E-state index in [9.17, 15) is 4.79 Å². The number of hydrogen-bond acceptors (Lipinski definition) is 5. The smallest absolute Gasteiger partial charge is 0.239 e. The Morgan fingerprint density at radius 1 is 1.53 bits per heavy atom. The van der Waals surface area contributed by atoms with Crippen LogP contribution in [0.25, 0.3) is 0 Å². The summed E-state index contributed by atoms with van der Waals surface area (Å²) in [4.78, 5) is 22.0. The molecule has 6 nitrogen and oxygen atoms in total. The number of amides is 1. The highest BCUT2D eigenvalue weighted by molar-refractivity contribution is 5.82. The Balaban J connectivity index is 2.21. The first kappa shape index (κ1) is 11.6. The standard InChI is InChI=1S/C11H17N5O/c1-3-12-9-6-10(15-8(2)14-9)16-5-4-13-11(17)7-16/h6H,3-5,7H2,1-2H3,(H,13,17)(H,12,14,15). The molecule has 6 heteroatoms. The zero-order valence-electron chi connectivity index (χ0n) is 10.2. The molecule has 1 fully saturated rings. The van der Waals surface area contributed by atoms with Gasteiger partial charge in [0.2, 0.25) is 5.91 Å². The van der Waals surface area contributed by atoms with Crippen LogP contribution in [0.15, 0.2) is 6.07 Å². The number of aromatic nitrogens is 2. The van der Waals surface area contributed by atoms with E-state index in [2.05, 4.69) is 20.6 Å². The van der Waals surface area contributed by atoms with Crippen LogP contribution in [0.3, 0.4) is 0 Å². The van der Waals surface area contributed by atoms with Crippen LogP contribution < -0.4 is 15.5 Å². The second-order valence-corrected chi connectivity index (χ2v) is 3.96. The minimum absolute atomic E-state index is 0.0394. The molecule has 92 valence electrons. The highest BCUT2D eigenvalue weighted by atomic mass is 16.2. The molecule has 0 aliphatic carbocycles. The van der Waals surface area contributed by atoms with E-state index in [-0.39, 0.29) is 5.91 Å². The van der Waals surface area contributed by atoms with Crippen molar-refractivity contribution < 1.29 is 4.79 Å². The summed E-state index contributed by atoms with van der Waals surface area (Å²) in [5.41, 5.74) is 0. The predicted molar refractivity (Wildman–Crippen MR) is 66.2 cm³/mol. The Morgan fingerprint density at radius 2 is 2.35 bits per heavy atom. The maximum absolute atomic E-state index is 11.3. The second kappa shape index (κ2) is 4.99. The highest BCUT2D eigenvalue weighted by Gasteiger charge is 2.18. The van der Waals surface area contributed by atoms with Gasteiger partial charge in [-0.25, -0.2) is 9.97 Å². The Labute approximate surface area is 100 Å². The molecule has 1 aliphatic rings. The summed E-state index contributed by atoms with van der Waals surface area (Å²) in [7, 11) is 0. The first-order valence-corrected chi connectivity index (χ1v) is 5.80. The largest absolute Gasteiger partial charge is 0.370 e. The zero-order valence-corrected chi connectivity index (χ0v) is 10.2. The lowest BCUT2D eigenvalue weighted by molar-refractivity contribution is -0.120. The molecule has 1 aromatic heterocycles. The monoisotopic (exact) mass is 235 g/mol. The summed E-state index contributed by atoms with van der Waals surface area (Å²) >= 11 is 0. The molecule has 1 saturated heterocycles. The van der Waals surface area contributed by atoms with Gasteiger partial charge < -0.3 is 15.5 Å². The van der Waals surface area contributed by atoms with E-state index in [4.69, 9.17) is 0 Å². The van der Waals surface area contributed by atoms with Gasteiger partial charge in [0.1, 0.15) is 17.5 Å². The number of nitrogens with one attached hydrogen (secondary N) is 2. The van der Waals surface area contributed by atoms with Crippen molar-refractivity contribution in [2.45, 2.75) is 13.8 Å². The Morgan fingerprint density at radius 3 is 3.06 bits per heavy atom. The average Bonchev–Trinajstić information content (AvgIpc) is 2.28. The van der Waals surface area contributed by atoms with E-state index in [1.165, 1.54) is 0 Å². The van der Waals surface area contributed by atoms with Crippen LogP contribution in [0.1, 0.15) is 12.7 Å². The zero-order chi connectivity index (χ0) is 12.3. The van der Waals surface area contributed by atoms with Crippen molar-refractivity contribution in [3.05, 3.63) is 11.9 Å². The fraction of sp³-hybridized carbons (Fsp3) is 0.545. The maximum atomic E-state index is 11.3. The molecule has 0 unspecified atom stereocenters. The molecular formula is C11H17N5O. The molecule has 1 amide bonds. The number of rotatable bonds is 3. The number of carbonyl (C=O) groups excluding carboxylic acids is 1. The number of hydrogen-bond donors (Lipinski definition) is 2. The van der Waals surface area contributed by atoms with Gasteiger partial charge in [0, 0.05) is 25.7 Å². The molecule has 2 heterocycles. The summed E-state index contributed by atoms with van der Waals surface area (Å²) in [5.74, 6) is 2.37. The number of piperazine rings is 1. The van der Waals surface area contributed by atoms with Crippen LogP contribution >= 0.6 is 0 Å². The van der Waals surface area contributed by atoms with Gasteiger partial charge in [-0.15, -0.1) is 0 Å². The third kappa shape index (κ3) is 2.83. The molecular weight excluding hydrogens is 218 g/mol. The molecule has 1 aromatic rings. The lowest BCUT2D eigenvalue weighted by atomic mass is 10.3. The molecule has 2 N–H and O–H groups in total. The minimum atomic E-state index is 0.0394. The summed E-state index contributed by atoms with van der Waals surface area (Å²) in [6.45, 7) is 6.50. The van der Waals surface area contributed by atoms with Crippen LogP contribution in [0.2, 0.25) is 0 Å². The number of nitrogens with zero attached hydrogens (tertiary/aromatic N) is 3. The lowest BCUT2D eigenvalue weighted by Crippen LogP contribution is -2.48. The molecule has 0 atom stereocenters. The molecule has 0 radical (unpaired) electrons. The minimum Gasteiger partial charge on any atom is -0.370 e. The van der Waals surface area contributed by atoms with Crippen molar-refractivity contribution in [3.8, 4) is 0 Å². The Bertz CT molecular complexity index is 420. The molecule has 17 heavy (non-hydrogen) atoms. The SMILES string of the molecule is CCNc1cc(N2CCNC(=O)C2)nc(C)n1. The van der Waals surface area contributed by atoms with Crippen LogP contribution in [-0.4, -0.2) is 42.1 Å². The van der Waals surface area contributed by atoms with Gasteiger partial charge in [-0.3, -0.25) is 4.79 Å². The van der Waals surface area contributed by atoms with Crippen LogP contribution in [0, 0.1) is 6.92 Å². The lowest BCUT2D eigenvalue weighted by Gasteiger charge is -2.27. The molecule has 1 aliphatic heterocycles. The third-order valence-corrected chi connectivity index (χ3v) is 2.54. The molecule has 0 aromatic carbocycles. The van der Waals surface area contributed by atoms with E-state index >= 15 is 0 Å². The predicted octanol–water partition coefficient (Wildman–Crippen LogP) is 0.153. The van der Waals surface area contributed by atoms with Crippen LogP contribution in [0.5, 0.6) is 0 Å². The summed E-state index contributed by atoms with van der Waals surface area (Å²) in [5, 5.41) is 5.96. The molecule has 2 rings (SSSR count). The molecule has 0 spiro atoms. The third-order valence-electron chi connectivity index (χ3n) is 2.54. The topological polar surface area (TPSA) is 70.2 Å². The Kier molecular flexibility index (Phi) is 3.41. The quantitative estimate of drug-likeness (QED) is 0.780. The number of aryl methyl sites for hydroxylation is 1. The first-order chi connectivity index (χ1) is 8.19. The van der Waals surface area contributed by atoms with Gasteiger partial charge in [0.15, 0.2) is 0 Å². The van der Waals surface area contributed by atoms with E-state index in [1.54, 1.807) is 0 Å². The first-order valence-electron chi connectivity index (χ1n) is 5.80. The van der Waals surface area contributed by atoms with Crippen molar-refractivity contribution in [1.29, 1.82) is 0 Å². The van der Waals surface area contributed by atoms with Gasteiger partial charge in [0.25, 0.3) is 0 Å². The van der Waals surface area contributed by atoms with Crippen molar-refractivity contribution >= 4 is 17.5 Å². The fourth-order valence-electron chi connectivity index (χ4n) is 1.82. The van der Waals surface area contributed by atoms with Crippen LogP contribution in [0.4, 0.5) is 11.6 Å². The van der Waals surface area contributed by atoms with E-state index < -0.39 is 0 Å². The molecule has 0 saturated carbocycles. The molecule has 0 bridgehead atoms. The van der Waals surface area contributed by atoms with E-state index in [0.717, 1.165) is 24.7 Å². The van der Waals surface area contributed by atoms with Gasteiger partial charge >= 0.3 is 0 Å². The second-order valence-electron chi connectivity index (χ2n) is 3.96. The van der Waals surface area contributed by atoms with E-state index in [1.807, 2.05) is 24.8 Å². The van der Waals surface area contributed by atoms with Crippen molar-refractivity contribution in [3.63, 3.8) is 0 Å². The normalized spacial score (nSPS) is 15.6. The number of carbonyl (C=O) groups is 1. The van der Waals surface area contributed by atoms with Crippen molar-refractivity contribution in [2.24, 2.45) is 0 Å². The summed E-state index contributed by atoms with van der Waals surface area (Å²) < 4.78 is 0. The van der Waals surface area contributed by atoms with Gasteiger partial charge in [-0.2, -0.15) is 0 Å². The highest BCUT2D eigenvalue weighted by Crippen LogP contribution is 2.16. The van der Waals surface area contributed by atoms with E-state index in [0.29, 0.717) is 18.9 Å². The van der Waals surface area contributed by atoms with Crippen LogP contribution in [-0.2, 0) is 4.79 Å². The summed E-state index contributed by atoms with van der Waals surface area (Å²) in [6, 6.07) is 1.88. The van der Waals surface area contributed by atoms with Crippen molar-refractivity contribution in [1.82, 2.24) is 15.3 Å². The fourth-order valence-corrected chi connectivity index (χ4v) is 1.82. The Hall–Kier alpha value is -1.85. The maximum Gasteiger partial charge on any atom is 0.239 e. The van der Waals surface area contributed by atoms with Gasteiger partial charge in [-0.1, -0.05) is 0 Å². The van der Waals surface area contributed by atoms with Gasteiger partial charge in [-0.05, 0) is 13.8 Å². The average molecular weight is 235 g/mol.